The Morgan fingerprint density at radius 3 is 1.80 bits per heavy atom. The van der Waals surface area contributed by atoms with E-state index in [1.807, 2.05) is 0 Å². The van der Waals surface area contributed by atoms with Crippen molar-refractivity contribution in [2.24, 2.45) is 0 Å². The molecule has 0 unspecified atom stereocenters. The Hall–Kier alpha value is -3.44. The van der Waals surface area contributed by atoms with Crippen molar-refractivity contribution in [3.05, 3.63) is 88.5 Å². The van der Waals surface area contributed by atoms with Crippen molar-refractivity contribution in [2.45, 2.75) is 16.7 Å². The highest BCUT2D eigenvalue weighted by Crippen LogP contribution is 2.25. The second-order valence-electron chi connectivity index (χ2n) is 6.31. The molecule has 0 amide bonds. The van der Waals surface area contributed by atoms with Gasteiger partial charge in [-0.15, -0.1) is 0 Å². The summed E-state index contributed by atoms with van der Waals surface area (Å²) in [6, 6.07) is 17.0. The van der Waals surface area contributed by atoms with Gasteiger partial charge in [-0.2, -0.15) is 0 Å². The first-order valence-electron chi connectivity index (χ1n) is 8.54. The summed E-state index contributed by atoms with van der Waals surface area (Å²) in [7, 11) is -7.95. The molecule has 0 saturated carbocycles. The van der Waals surface area contributed by atoms with Crippen molar-refractivity contribution in [3.63, 3.8) is 0 Å². The minimum Gasteiger partial charge on any atom is -0.280 e. The van der Waals surface area contributed by atoms with E-state index in [1.54, 1.807) is 30.3 Å². The molecule has 9 nitrogen and oxygen atoms in total. The van der Waals surface area contributed by atoms with Crippen LogP contribution in [0.5, 0.6) is 0 Å². The van der Waals surface area contributed by atoms with Gasteiger partial charge in [0.1, 0.15) is 0 Å². The highest BCUT2D eigenvalue weighted by Gasteiger charge is 2.20. The standard InChI is InChI=1S/C19H17N3O6S2/c1-14-7-10-18(13-19(14)22(23)24)30(27,28)21-16-8-11-17(12-9-16)29(25,26)20-15-5-3-2-4-6-15/h2-13,20-21H,1H3. The molecular weight excluding hydrogens is 430 g/mol. The number of nitrogens with zero attached hydrogens (tertiary/aromatic N) is 1. The monoisotopic (exact) mass is 447 g/mol. The number of benzene rings is 3. The predicted octanol–water partition coefficient (Wildman–Crippen LogP) is 3.50. The van der Waals surface area contributed by atoms with Gasteiger partial charge in [-0.3, -0.25) is 19.6 Å². The first kappa shape index (κ1) is 21.3. The molecule has 156 valence electrons. The molecule has 0 radical (unpaired) electrons. The van der Waals surface area contributed by atoms with Crippen molar-refractivity contribution in [2.75, 3.05) is 9.44 Å². The molecule has 30 heavy (non-hydrogen) atoms. The average molecular weight is 447 g/mol. The van der Waals surface area contributed by atoms with Crippen LogP contribution >= 0.6 is 0 Å². The van der Waals surface area contributed by atoms with Gasteiger partial charge in [0.05, 0.1) is 14.7 Å². The van der Waals surface area contributed by atoms with Crippen LogP contribution in [0.3, 0.4) is 0 Å². The molecule has 3 rings (SSSR count). The molecule has 0 bridgehead atoms. The minimum atomic E-state index is -4.10. The van der Waals surface area contributed by atoms with Crippen LogP contribution in [0.25, 0.3) is 0 Å². The van der Waals surface area contributed by atoms with Crippen LogP contribution in [0.4, 0.5) is 17.1 Å². The van der Waals surface area contributed by atoms with Gasteiger partial charge in [-0.25, -0.2) is 16.8 Å². The summed E-state index contributed by atoms with van der Waals surface area (Å²) >= 11 is 0. The lowest BCUT2D eigenvalue weighted by Crippen LogP contribution is -2.15. The summed E-state index contributed by atoms with van der Waals surface area (Å²) in [5.41, 5.74) is 0.519. The van der Waals surface area contributed by atoms with E-state index < -0.39 is 25.0 Å². The highest BCUT2D eigenvalue weighted by molar-refractivity contribution is 7.93. The van der Waals surface area contributed by atoms with Crippen LogP contribution in [0, 0.1) is 17.0 Å². The Morgan fingerprint density at radius 1 is 0.733 bits per heavy atom. The predicted molar refractivity (Wildman–Crippen MR) is 112 cm³/mol. The smallest absolute Gasteiger partial charge is 0.273 e. The van der Waals surface area contributed by atoms with Crippen LogP contribution < -0.4 is 9.44 Å². The maximum atomic E-state index is 12.5. The first-order chi connectivity index (χ1) is 14.1. The van der Waals surface area contributed by atoms with Gasteiger partial charge in [0.25, 0.3) is 25.7 Å². The van der Waals surface area contributed by atoms with Gasteiger partial charge >= 0.3 is 0 Å². The number of rotatable bonds is 7. The summed E-state index contributed by atoms with van der Waals surface area (Å²) in [5, 5.41) is 11.0. The van der Waals surface area contributed by atoms with Crippen LogP contribution in [0.15, 0.2) is 82.6 Å². The van der Waals surface area contributed by atoms with Crippen LogP contribution in [0.2, 0.25) is 0 Å². The zero-order valence-corrected chi connectivity index (χ0v) is 17.3. The molecule has 0 aliphatic heterocycles. The summed E-state index contributed by atoms with van der Waals surface area (Å²) < 4.78 is 54.7. The Labute approximate surface area is 173 Å². The first-order valence-corrected chi connectivity index (χ1v) is 11.5. The van der Waals surface area contributed by atoms with E-state index in [0.29, 0.717) is 11.3 Å². The topological polar surface area (TPSA) is 135 Å². The molecular formula is C19H17N3O6S2. The second-order valence-corrected chi connectivity index (χ2v) is 9.67. The third-order valence-electron chi connectivity index (χ3n) is 4.13. The van der Waals surface area contributed by atoms with Gasteiger partial charge in [-0.05, 0) is 49.4 Å². The Balaban J connectivity index is 1.81. The van der Waals surface area contributed by atoms with E-state index in [0.717, 1.165) is 6.07 Å². The highest BCUT2D eigenvalue weighted by atomic mass is 32.2. The third kappa shape index (κ3) is 4.75. The Kier molecular flexibility index (Phi) is 5.76. The molecule has 0 spiro atoms. The van der Waals surface area contributed by atoms with Gasteiger partial charge in [-0.1, -0.05) is 24.3 Å². The maximum Gasteiger partial charge on any atom is 0.273 e. The minimum absolute atomic E-state index is 0.0553. The lowest BCUT2D eigenvalue weighted by Gasteiger charge is -2.11. The van der Waals surface area contributed by atoms with Crippen molar-refractivity contribution in [1.82, 2.24) is 0 Å². The lowest BCUT2D eigenvalue weighted by molar-refractivity contribution is -0.385. The summed E-state index contributed by atoms with van der Waals surface area (Å²) in [4.78, 5) is 10.1. The van der Waals surface area contributed by atoms with Crippen molar-refractivity contribution >= 4 is 37.1 Å². The largest absolute Gasteiger partial charge is 0.280 e. The van der Waals surface area contributed by atoms with Gasteiger partial charge < -0.3 is 0 Å². The number of nitro groups is 1. The number of hydrogen-bond acceptors (Lipinski definition) is 6. The molecule has 11 heteroatoms. The summed E-state index contributed by atoms with van der Waals surface area (Å²) in [5.74, 6) is 0. The number of sulfonamides is 2. The summed E-state index contributed by atoms with van der Waals surface area (Å²) in [6.07, 6.45) is 0. The normalized spacial score (nSPS) is 11.6. The lowest BCUT2D eigenvalue weighted by atomic mass is 10.2. The third-order valence-corrected chi connectivity index (χ3v) is 6.91. The zero-order chi connectivity index (χ0) is 21.9. The summed E-state index contributed by atoms with van der Waals surface area (Å²) in [6.45, 7) is 1.50. The van der Waals surface area contributed by atoms with Crippen molar-refractivity contribution < 1.29 is 21.8 Å². The Bertz CT molecular complexity index is 1290. The van der Waals surface area contributed by atoms with E-state index in [1.165, 1.54) is 43.3 Å². The quantitative estimate of drug-likeness (QED) is 0.420. The average Bonchev–Trinajstić information content (AvgIpc) is 2.68. The molecule has 3 aromatic rings. The number of hydrogen-bond donors (Lipinski definition) is 2. The number of aryl methyl sites for hydroxylation is 1. The van der Waals surface area contributed by atoms with Gasteiger partial charge in [0.15, 0.2) is 0 Å². The van der Waals surface area contributed by atoms with E-state index in [-0.39, 0.29) is 21.2 Å². The molecule has 2 N–H and O–H groups in total. The number of para-hydroxylation sites is 1. The number of nitro benzene ring substituents is 1. The van der Waals surface area contributed by atoms with E-state index in [4.69, 9.17) is 0 Å². The molecule has 0 atom stereocenters. The number of nitrogens with one attached hydrogen (secondary N) is 2. The van der Waals surface area contributed by atoms with Crippen LogP contribution in [-0.2, 0) is 20.0 Å². The van der Waals surface area contributed by atoms with E-state index in [9.17, 15) is 26.9 Å². The fourth-order valence-electron chi connectivity index (χ4n) is 2.59. The Morgan fingerprint density at radius 2 is 1.23 bits per heavy atom. The van der Waals surface area contributed by atoms with Crippen molar-refractivity contribution in [3.8, 4) is 0 Å². The number of anilines is 2. The molecule has 0 fully saturated rings. The SMILES string of the molecule is Cc1ccc(S(=O)(=O)Nc2ccc(S(=O)(=O)Nc3ccccc3)cc2)cc1[N+](=O)[O-]. The van der Waals surface area contributed by atoms with Gasteiger partial charge in [0.2, 0.25) is 0 Å². The van der Waals surface area contributed by atoms with Crippen LogP contribution in [0.1, 0.15) is 5.56 Å². The molecule has 0 aliphatic carbocycles. The molecule has 0 heterocycles. The van der Waals surface area contributed by atoms with Crippen molar-refractivity contribution in [1.29, 1.82) is 0 Å². The fraction of sp³-hybridized carbons (Fsp3) is 0.0526. The molecule has 0 saturated heterocycles. The second kappa shape index (κ2) is 8.13. The molecule has 0 aliphatic rings. The van der Waals surface area contributed by atoms with E-state index >= 15 is 0 Å². The van der Waals surface area contributed by atoms with Crippen LogP contribution in [-0.4, -0.2) is 21.8 Å². The van der Waals surface area contributed by atoms with Gasteiger partial charge in [0, 0.05) is 23.0 Å². The fourth-order valence-corrected chi connectivity index (χ4v) is 4.73. The molecule has 0 aromatic heterocycles. The maximum absolute atomic E-state index is 12.5. The molecule has 3 aromatic carbocycles. The van der Waals surface area contributed by atoms with E-state index in [2.05, 4.69) is 9.44 Å². The zero-order valence-electron chi connectivity index (χ0n) is 15.6.